The first-order valence-corrected chi connectivity index (χ1v) is 10.2. The lowest BCUT2D eigenvalue weighted by Crippen LogP contribution is -2.54. The maximum atomic E-state index is 9.21. The Bertz CT molecular complexity index is 810. The molecule has 2 aromatic carbocycles. The van der Waals surface area contributed by atoms with Gasteiger partial charge in [0.15, 0.2) is 0 Å². The van der Waals surface area contributed by atoms with Crippen molar-refractivity contribution < 1.29 is 0 Å². The molecule has 104 valence electrons. The van der Waals surface area contributed by atoms with Gasteiger partial charge in [-0.15, -0.1) is 0 Å². The van der Waals surface area contributed by atoms with E-state index in [0.717, 1.165) is 5.52 Å². The van der Waals surface area contributed by atoms with E-state index in [2.05, 4.69) is 66.6 Å². The number of nitriles is 1. The van der Waals surface area contributed by atoms with Crippen molar-refractivity contribution in [3.63, 3.8) is 0 Å². The van der Waals surface area contributed by atoms with Crippen LogP contribution < -0.4 is 10.5 Å². The van der Waals surface area contributed by atoms with E-state index in [1.165, 1.54) is 21.5 Å². The van der Waals surface area contributed by atoms with E-state index in [-0.39, 0.29) is 0 Å². The Kier molecular flexibility index (Phi) is 3.40. The molecule has 0 fully saturated rings. The molecule has 0 aliphatic carbocycles. The Balaban J connectivity index is 2.24. The van der Waals surface area contributed by atoms with Gasteiger partial charge in [-0.05, 0) is 11.6 Å². The molecule has 0 saturated carbocycles. The number of fused-ring (bicyclic) bond motifs is 1. The average molecular weight is 290 g/mol. The molecule has 2 nitrogen and oxygen atoms in total. The average Bonchev–Trinajstić information content (AvgIpc) is 2.88. The number of nitrogens with zero attached hydrogens (tertiary/aromatic N) is 1. The first-order valence-electron chi connectivity index (χ1n) is 7.17. The third-order valence-corrected chi connectivity index (χ3v) is 7.64. The number of nitrogens with one attached hydrogen (secondary N) is 1. The molecular weight excluding hydrogens is 272 g/mol. The van der Waals surface area contributed by atoms with Crippen LogP contribution in [0, 0.1) is 11.3 Å². The highest BCUT2D eigenvalue weighted by Crippen LogP contribution is 2.20. The molecule has 0 bridgehead atoms. The quantitative estimate of drug-likeness (QED) is 0.740. The first-order chi connectivity index (χ1) is 10.1. The smallest absolute Gasteiger partial charge is 0.132 e. The number of hydrogen-bond donors (Lipinski definition) is 1. The molecule has 0 unspecified atom stereocenters. The van der Waals surface area contributed by atoms with E-state index in [1.54, 1.807) is 0 Å². The van der Waals surface area contributed by atoms with Crippen LogP contribution in [0.4, 0.5) is 0 Å². The maximum Gasteiger partial charge on any atom is 0.132 e. The minimum Gasteiger partial charge on any atom is -0.362 e. The Morgan fingerprint density at radius 1 is 1.00 bits per heavy atom. The van der Waals surface area contributed by atoms with Crippen LogP contribution in [0.3, 0.4) is 0 Å². The number of aromatic nitrogens is 1. The summed E-state index contributed by atoms with van der Waals surface area (Å²) >= 11 is 0. The second kappa shape index (κ2) is 5.23. The lowest BCUT2D eigenvalue weighted by Gasteiger charge is -2.23. The largest absolute Gasteiger partial charge is 0.362 e. The molecule has 0 radical (unpaired) electrons. The van der Waals surface area contributed by atoms with Crippen LogP contribution in [0.15, 0.2) is 54.6 Å². The summed E-state index contributed by atoms with van der Waals surface area (Å²) in [7, 11) is -1.83. The van der Waals surface area contributed by atoms with E-state index in [1.807, 2.05) is 12.1 Å². The summed E-state index contributed by atoms with van der Waals surface area (Å²) in [5.74, 6) is 0. The Morgan fingerprint density at radius 3 is 2.38 bits per heavy atom. The maximum absolute atomic E-state index is 9.21. The molecule has 0 saturated heterocycles. The Hall–Kier alpha value is -2.31. The molecule has 21 heavy (non-hydrogen) atoms. The van der Waals surface area contributed by atoms with Gasteiger partial charge in [0.25, 0.3) is 0 Å². The second-order valence-corrected chi connectivity index (χ2v) is 10.2. The van der Waals surface area contributed by atoms with Gasteiger partial charge in [-0.25, -0.2) is 0 Å². The highest BCUT2D eigenvalue weighted by molar-refractivity contribution is 7.00. The minimum absolute atomic E-state index is 0.461. The van der Waals surface area contributed by atoms with Crippen molar-refractivity contribution in [1.29, 1.82) is 5.26 Å². The molecule has 0 atom stereocenters. The van der Waals surface area contributed by atoms with Gasteiger partial charge in [-0.1, -0.05) is 66.8 Å². The lowest BCUT2D eigenvalue weighted by atomic mass is 10.1. The van der Waals surface area contributed by atoms with Gasteiger partial charge in [0.2, 0.25) is 0 Å². The van der Waals surface area contributed by atoms with Crippen molar-refractivity contribution in [2.75, 3.05) is 0 Å². The zero-order valence-electron chi connectivity index (χ0n) is 12.4. The van der Waals surface area contributed by atoms with Gasteiger partial charge in [-0.3, -0.25) is 0 Å². The van der Waals surface area contributed by atoms with Gasteiger partial charge < -0.3 is 4.98 Å². The van der Waals surface area contributed by atoms with E-state index < -0.39 is 8.07 Å². The van der Waals surface area contributed by atoms with Gasteiger partial charge in [0.05, 0.1) is 12.5 Å². The number of para-hydroxylation sites is 1. The van der Waals surface area contributed by atoms with Crippen molar-refractivity contribution in [2.24, 2.45) is 0 Å². The molecule has 3 rings (SSSR count). The van der Waals surface area contributed by atoms with E-state index >= 15 is 0 Å². The van der Waals surface area contributed by atoms with Crippen LogP contribution in [0.2, 0.25) is 13.1 Å². The molecule has 0 amide bonds. The number of H-pyrrole nitrogens is 1. The highest BCUT2D eigenvalue weighted by atomic mass is 28.3. The summed E-state index contributed by atoms with van der Waals surface area (Å²) in [6.45, 7) is 4.68. The van der Waals surface area contributed by atoms with Crippen LogP contribution >= 0.6 is 0 Å². The molecular formula is C18H18N2Si. The van der Waals surface area contributed by atoms with E-state index in [0.29, 0.717) is 6.42 Å². The lowest BCUT2D eigenvalue weighted by molar-refractivity contribution is 1.29. The summed E-state index contributed by atoms with van der Waals surface area (Å²) in [5.41, 5.74) is 2.31. The summed E-state index contributed by atoms with van der Waals surface area (Å²) in [5, 5.41) is 13.1. The fourth-order valence-corrected chi connectivity index (χ4v) is 5.73. The van der Waals surface area contributed by atoms with Crippen LogP contribution in [0.25, 0.3) is 10.9 Å². The molecule has 1 heterocycles. The van der Waals surface area contributed by atoms with Crippen molar-refractivity contribution in [3.05, 3.63) is 60.2 Å². The topological polar surface area (TPSA) is 39.6 Å². The zero-order chi connectivity index (χ0) is 14.9. The van der Waals surface area contributed by atoms with Crippen molar-refractivity contribution >= 4 is 29.5 Å². The van der Waals surface area contributed by atoms with Gasteiger partial charge in [0.1, 0.15) is 8.07 Å². The first kappa shape index (κ1) is 13.7. The van der Waals surface area contributed by atoms with Crippen LogP contribution in [0.1, 0.15) is 5.56 Å². The summed E-state index contributed by atoms with van der Waals surface area (Å²) in [4.78, 5) is 3.60. The standard InChI is InChI=1S/C18H18N2Si/c1-21(2,14-8-4-3-5-9-14)18-16(12-13-19)15-10-6-7-11-17(15)20-18/h3-11,20H,12H2,1-2H3. The normalized spacial score (nSPS) is 11.5. The third-order valence-electron chi connectivity index (χ3n) is 4.19. The second-order valence-electron chi connectivity index (χ2n) is 5.85. The predicted molar refractivity (Wildman–Crippen MR) is 90.8 cm³/mol. The van der Waals surface area contributed by atoms with Crippen LogP contribution in [-0.4, -0.2) is 13.1 Å². The molecule has 3 aromatic rings. The monoisotopic (exact) mass is 290 g/mol. The van der Waals surface area contributed by atoms with Gasteiger partial charge >= 0.3 is 0 Å². The Morgan fingerprint density at radius 2 is 1.67 bits per heavy atom. The third kappa shape index (κ3) is 2.28. The van der Waals surface area contributed by atoms with Crippen molar-refractivity contribution in [2.45, 2.75) is 19.5 Å². The molecule has 1 aromatic heterocycles. The number of benzene rings is 2. The summed E-state index contributed by atoms with van der Waals surface area (Å²) < 4.78 is 0. The number of rotatable bonds is 3. The van der Waals surface area contributed by atoms with Crippen molar-refractivity contribution in [1.82, 2.24) is 4.98 Å². The van der Waals surface area contributed by atoms with E-state index in [4.69, 9.17) is 0 Å². The van der Waals surface area contributed by atoms with Crippen molar-refractivity contribution in [3.8, 4) is 6.07 Å². The fraction of sp³-hybridized carbons (Fsp3) is 0.167. The zero-order valence-corrected chi connectivity index (χ0v) is 13.4. The number of aromatic amines is 1. The van der Waals surface area contributed by atoms with Gasteiger partial charge in [-0.2, -0.15) is 5.26 Å². The summed E-state index contributed by atoms with van der Waals surface area (Å²) in [6, 6.07) is 21.3. The Labute approximate surface area is 126 Å². The minimum atomic E-state index is -1.83. The predicted octanol–water partition coefficient (Wildman–Crippen LogP) is 3.06. The SMILES string of the molecule is C[Si](C)(c1ccccc1)c1[nH]c2ccccc2c1CC#N. The molecule has 3 heteroatoms. The summed E-state index contributed by atoms with van der Waals surface area (Å²) in [6.07, 6.45) is 0.461. The number of hydrogen-bond acceptors (Lipinski definition) is 1. The van der Waals surface area contributed by atoms with Crippen LogP contribution in [0.5, 0.6) is 0 Å². The van der Waals surface area contributed by atoms with E-state index in [9.17, 15) is 5.26 Å². The van der Waals surface area contributed by atoms with Crippen LogP contribution in [-0.2, 0) is 6.42 Å². The molecule has 0 spiro atoms. The highest BCUT2D eigenvalue weighted by Gasteiger charge is 2.31. The molecule has 1 N–H and O–H groups in total. The molecule has 0 aliphatic rings. The molecule has 0 aliphatic heterocycles. The fourth-order valence-electron chi connectivity index (χ4n) is 3.00. The van der Waals surface area contributed by atoms with Gasteiger partial charge in [0, 0.05) is 16.2 Å².